The molecule has 0 atom stereocenters. The molecule has 82 valence electrons. The molecule has 0 amide bonds. The highest BCUT2D eigenvalue weighted by Gasteiger charge is 2.03. The third-order valence-electron chi connectivity index (χ3n) is 2.51. The van der Waals surface area contributed by atoms with E-state index in [1.54, 1.807) is 0 Å². The molecule has 1 nitrogen and oxygen atoms in total. The van der Waals surface area contributed by atoms with Crippen LogP contribution < -0.4 is 0 Å². The van der Waals surface area contributed by atoms with E-state index in [4.69, 9.17) is 0 Å². The lowest BCUT2D eigenvalue weighted by atomic mass is 10.0. The molecule has 0 fully saturated rings. The average Bonchev–Trinajstić information content (AvgIpc) is 2.28. The lowest BCUT2D eigenvalue weighted by Crippen LogP contribution is -1.86. The van der Waals surface area contributed by atoms with Crippen LogP contribution in [0.5, 0.6) is 0 Å². The Kier molecular flexibility index (Phi) is 3.56. The lowest BCUT2D eigenvalue weighted by Gasteiger charge is -2.07. The molecular weight excluding hydrogens is 234 g/mol. The van der Waals surface area contributed by atoms with E-state index >= 15 is 0 Å². The van der Waals surface area contributed by atoms with Gasteiger partial charge in [0.15, 0.2) is 0 Å². The SMILES string of the molecule is Cc1cc(-c2ccc(SS)cc2C)ccn1. The summed E-state index contributed by atoms with van der Waals surface area (Å²) in [5.74, 6) is 0. The van der Waals surface area contributed by atoms with E-state index in [2.05, 4.69) is 47.8 Å². The number of rotatable bonds is 2. The zero-order chi connectivity index (χ0) is 11.5. The largest absolute Gasteiger partial charge is 0.262 e. The first kappa shape index (κ1) is 11.6. The maximum atomic E-state index is 4.21. The van der Waals surface area contributed by atoms with Gasteiger partial charge in [0.1, 0.15) is 0 Å². The first-order valence-electron chi connectivity index (χ1n) is 5.06. The Balaban J connectivity index is 2.48. The van der Waals surface area contributed by atoms with Gasteiger partial charge < -0.3 is 0 Å². The second kappa shape index (κ2) is 4.93. The molecule has 0 N–H and O–H groups in total. The molecule has 0 bridgehead atoms. The van der Waals surface area contributed by atoms with Crippen LogP contribution in [0.25, 0.3) is 11.1 Å². The van der Waals surface area contributed by atoms with Crippen molar-refractivity contribution in [2.75, 3.05) is 0 Å². The molecule has 0 aliphatic heterocycles. The van der Waals surface area contributed by atoms with E-state index in [0.29, 0.717) is 0 Å². The zero-order valence-corrected chi connectivity index (χ0v) is 11.0. The van der Waals surface area contributed by atoms with Gasteiger partial charge in [0.25, 0.3) is 0 Å². The van der Waals surface area contributed by atoms with E-state index in [0.717, 1.165) is 5.69 Å². The Morgan fingerprint density at radius 3 is 2.56 bits per heavy atom. The highest BCUT2D eigenvalue weighted by Crippen LogP contribution is 2.29. The molecule has 0 unspecified atom stereocenters. The number of nitrogens with zero attached hydrogens (tertiary/aromatic N) is 1. The van der Waals surface area contributed by atoms with Gasteiger partial charge in [-0.15, -0.1) is 11.7 Å². The number of hydrogen-bond donors (Lipinski definition) is 1. The average molecular weight is 247 g/mol. The maximum Gasteiger partial charge on any atom is 0.0378 e. The van der Waals surface area contributed by atoms with Gasteiger partial charge in [0, 0.05) is 16.8 Å². The summed E-state index contributed by atoms with van der Waals surface area (Å²) in [4.78, 5) is 5.39. The topological polar surface area (TPSA) is 12.9 Å². The van der Waals surface area contributed by atoms with E-state index < -0.39 is 0 Å². The predicted molar refractivity (Wildman–Crippen MR) is 74.0 cm³/mol. The molecule has 0 saturated carbocycles. The minimum atomic E-state index is 1.05. The van der Waals surface area contributed by atoms with Crippen LogP contribution >= 0.6 is 22.5 Å². The van der Waals surface area contributed by atoms with E-state index in [1.165, 1.54) is 32.4 Å². The van der Waals surface area contributed by atoms with Crippen LogP contribution in [0.4, 0.5) is 0 Å². The Bertz CT molecular complexity index is 509. The molecule has 3 heteroatoms. The van der Waals surface area contributed by atoms with E-state index in [-0.39, 0.29) is 0 Å². The summed E-state index contributed by atoms with van der Waals surface area (Å²) in [6, 6.07) is 10.5. The van der Waals surface area contributed by atoms with Gasteiger partial charge >= 0.3 is 0 Å². The second-order valence-corrected chi connectivity index (χ2v) is 4.96. The molecule has 16 heavy (non-hydrogen) atoms. The van der Waals surface area contributed by atoms with Crippen molar-refractivity contribution < 1.29 is 0 Å². The minimum absolute atomic E-state index is 1.05. The summed E-state index contributed by atoms with van der Waals surface area (Å²) in [7, 11) is 1.47. The Morgan fingerprint density at radius 2 is 1.94 bits per heavy atom. The summed E-state index contributed by atoms with van der Waals surface area (Å²) >= 11 is 4.20. The molecule has 0 saturated heterocycles. The summed E-state index contributed by atoms with van der Waals surface area (Å²) in [5, 5.41) is 0. The normalized spacial score (nSPS) is 10.4. The lowest BCUT2D eigenvalue weighted by molar-refractivity contribution is 1.20. The van der Waals surface area contributed by atoms with E-state index in [9.17, 15) is 0 Å². The van der Waals surface area contributed by atoms with Crippen molar-refractivity contribution in [3.05, 3.63) is 47.8 Å². The van der Waals surface area contributed by atoms with Crippen LogP contribution in [0.15, 0.2) is 41.4 Å². The van der Waals surface area contributed by atoms with Gasteiger partial charge in [-0.05, 0) is 54.8 Å². The Hall–Kier alpha value is -0.930. The number of pyridine rings is 1. The van der Waals surface area contributed by atoms with Crippen LogP contribution in [0.1, 0.15) is 11.3 Å². The molecular formula is C13H13NS2. The summed E-state index contributed by atoms with van der Waals surface area (Å²) in [6.07, 6.45) is 1.85. The summed E-state index contributed by atoms with van der Waals surface area (Å²) in [6.45, 7) is 4.13. The van der Waals surface area contributed by atoms with Gasteiger partial charge in [-0.1, -0.05) is 16.9 Å². The maximum absolute atomic E-state index is 4.21. The smallest absolute Gasteiger partial charge is 0.0378 e. The van der Waals surface area contributed by atoms with Crippen LogP contribution in [-0.2, 0) is 0 Å². The summed E-state index contributed by atoms with van der Waals surface area (Å²) < 4.78 is 0. The predicted octanol–water partition coefficient (Wildman–Crippen LogP) is 4.30. The van der Waals surface area contributed by atoms with Crippen molar-refractivity contribution in [1.29, 1.82) is 0 Å². The third-order valence-corrected chi connectivity index (χ3v) is 3.61. The van der Waals surface area contributed by atoms with Crippen molar-refractivity contribution in [2.24, 2.45) is 0 Å². The molecule has 1 aromatic carbocycles. The fourth-order valence-electron chi connectivity index (χ4n) is 1.73. The molecule has 0 aliphatic carbocycles. The quantitative estimate of drug-likeness (QED) is 0.627. The number of aromatic nitrogens is 1. The number of aryl methyl sites for hydroxylation is 2. The number of thiol groups is 1. The van der Waals surface area contributed by atoms with Crippen LogP contribution in [0, 0.1) is 13.8 Å². The molecule has 0 aliphatic rings. The third kappa shape index (κ3) is 2.42. The Morgan fingerprint density at radius 1 is 1.12 bits per heavy atom. The highest BCUT2D eigenvalue weighted by atomic mass is 33.1. The fourth-order valence-corrected chi connectivity index (χ4v) is 2.43. The van der Waals surface area contributed by atoms with Crippen molar-refractivity contribution in [3.8, 4) is 11.1 Å². The molecule has 1 heterocycles. The molecule has 2 rings (SSSR count). The number of hydrogen-bond acceptors (Lipinski definition) is 3. The van der Waals surface area contributed by atoms with Crippen molar-refractivity contribution in [1.82, 2.24) is 4.98 Å². The van der Waals surface area contributed by atoms with E-state index in [1.807, 2.05) is 19.2 Å². The first-order valence-corrected chi connectivity index (χ1v) is 6.92. The van der Waals surface area contributed by atoms with Crippen LogP contribution in [0.2, 0.25) is 0 Å². The minimum Gasteiger partial charge on any atom is -0.262 e. The zero-order valence-electron chi connectivity index (χ0n) is 9.27. The van der Waals surface area contributed by atoms with Crippen molar-refractivity contribution in [3.63, 3.8) is 0 Å². The monoisotopic (exact) mass is 247 g/mol. The first-order chi connectivity index (χ1) is 7.70. The van der Waals surface area contributed by atoms with Crippen molar-refractivity contribution >= 4 is 22.5 Å². The van der Waals surface area contributed by atoms with Crippen molar-refractivity contribution in [2.45, 2.75) is 18.7 Å². The second-order valence-electron chi connectivity index (χ2n) is 3.75. The highest BCUT2D eigenvalue weighted by molar-refractivity contribution is 8.68. The standard InChI is InChI=1S/C13H13NS2/c1-9-7-12(16-15)3-4-13(9)11-5-6-14-10(2)8-11/h3-8,15H,1-2H3. The number of benzene rings is 1. The molecule has 1 aromatic heterocycles. The molecule has 0 spiro atoms. The van der Waals surface area contributed by atoms with Crippen LogP contribution in [0.3, 0.4) is 0 Å². The van der Waals surface area contributed by atoms with Gasteiger partial charge in [0.05, 0.1) is 0 Å². The molecule has 2 aromatic rings. The van der Waals surface area contributed by atoms with Gasteiger partial charge in [-0.2, -0.15) is 0 Å². The van der Waals surface area contributed by atoms with Crippen LogP contribution in [-0.4, -0.2) is 4.98 Å². The fraction of sp³-hybridized carbons (Fsp3) is 0.154. The van der Waals surface area contributed by atoms with Gasteiger partial charge in [-0.3, -0.25) is 4.98 Å². The van der Waals surface area contributed by atoms with Gasteiger partial charge in [0.2, 0.25) is 0 Å². The van der Waals surface area contributed by atoms with Gasteiger partial charge in [-0.25, -0.2) is 0 Å². The Labute approximate surface area is 105 Å². The molecule has 0 radical (unpaired) electrons. The summed E-state index contributed by atoms with van der Waals surface area (Å²) in [5.41, 5.74) is 4.80.